The van der Waals surface area contributed by atoms with Gasteiger partial charge in [0, 0.05) is 25.5 Å². The Kier molecular flexibility index (Phi) is 11.2. The highest BCUT2D eigenvalue weighted by atomic mass is 32.1. The summed E-state index contributed by atoms with van der Waals surface area (Å²) in [6, 6.07) is 0.278. The van der Waals surface area contributed by atoms with Gasteiger partial charge in [0.25, 0.3) is 5.91 Å². The fraction of sp³-hybridized carbons (Fsp3) is 0.652. The van der Waals surface area contributed by atoms with Crippen LogP contribution in [0.25, 0.3) is 0 Å². The zero-order valence-corrected chi connectivity index (χ0v) is 23.1. The molecule has 0 bridgehead atoms. The lowest BCUT2D eigenvalue weighted by Gasteiger charge is -2.52. The van der Waals surface area contributed by atoms with Crippen molar-refractivity contribution in [3.05, 3.63) is 28.8 Å². The predicted molar refractivity (Wildman–Crippen MR) is 132 cm³/mol. The summed E-state index contributed by atoms with van der Waals surface area (Å²) >= 11 is 1.33. The first-order valence-corrected chi connectivity index (χ1v) is 13.0. The summed E-state index contributed by atoms with van der Waals surface area (Å²) in [5.41, 5.74) is 0.929. The largest absolute Gasteiger partial charge is 0.490 e. The Morgan fingerprint density at radius 1 is 1.07 bits per heavy atom. The molecule has 0 radical (unpaired) electrons. The van der Waals surface area contributed by atoms with Crippen molar-refractivity contribution < 1.29 is 50.9 Å². The van der Waals surface area contributed by atoms with E-state index in [0.29, 0.717) is 11.1 Å². The summed E-state index contributed by atoms with van der Waals surface area (Å²) in [6.07, 6.45) is -1.71. The molecule has 1 saturated carbocycles. The van der Waals surface area contributed by atoms with Crippen molar-refractivity contribution in [2.24, 2.45) is 12.5 Å². The second kappa shape index (κ2) is 13.6. The molecule has 2 aromatic heterocycles. The minimum Gasteiger partial charge on any atom is -0.475 e. The number of aromatic nitrogens is 4. The molecule has 3 heterocycles. The summed E-state index contributed by atoms with van der Waals surface area (Å²) in [7, 11) is 2.05. The van der Waals surface area contributed by atoms with E-state index >= 15 is 0 Å². The third-order valence-corrected chi connectivity index (χ3v) is 7.66. The summed E-state index contributed by atoms with van der Waals surface area (Å²) in [5, 5.41) is 21.5. The molecule has 2 aromatic rings. The topological polar surface area (TPSA) is 151 Å². The maximum atomic E-state index is 12.5. The van der Waals surface area contributed by atoms with Crippen LogP contribution in [0.4, 0.5) is 26.3 Å². The first-order valence-electron chi connectivity index (χ1n) is 12.3. The zero-order chi connectivity index (χ0) is 31.2. The Morgan fingerprint density at radius 2 is 1.59 bits per heavy atom. The number of likely N-dealkylation sites (tertiary alicyclic amines) is 1. The number of carboxylic acid groups (broad SMARTS) is 2. The molecule has 230 valence electrons. The number of imidazole rings is 1. The van der Waals surface area contributed by atoms with Gasteiger partial charge < -0.3 is 20.1 Å². The maximum Gasteiger partial charge on any atom is 0.490 e. The van der Waals surface area contributed by atoms with Gasteiger partial charge in [-0.25, -0.2) is 14.6 Å². The third-order valence-electron chi connectivity index (χ3n) is 6.63. The maximum absolute atomic E-state index is 12.5. The minimum absolute atomic E-state index is 0.0560. The number of piperidine rings is 1. The molecule has 0 aromatic carbocycles. The smallest absolute Gasteiger partial charge is 0.475 e. The molecular weight excluding hydrogens is 586 g/mol. The van der Waals surface area contributed by atoms with Gasteiger partial charge in [-0.1, -0.05) is 18.3 Å². The van der Waals surface area contributed by atoms with E-state index in [4.69, 9.17) is 19.8 Å². The molecule has 3 N–H and O–H groups in total. The van der Waals surface area contributed by atoms with E-state index in [9.17, 15) is 31.1 Å². The van der Waals surface area contributed by atoms with Gasteiger partial charge in [0.2, 0.25) is 0 Å². The summed E-state index contributed by atoms with van der Waals surface area (Å²) in [4.78, 5) is 38.2. The number of halogens is 6. The van der Waals surface area contributed by atoms with E-state index in [-0.39, 0.29) is 17.9 Å². The van der Waals surface area contributed by atoms with E-state index in [2.05, 4.69) is 50.2 Å². The first kappa shape index (κ1) is 33.9. The van der Waals surface area contributed by atoms with Crippen LogP contribution in [0.15, 0.2) is 12.4 Å². The lowest BCUT2D eigenvalue weighted by molar-refractivity contribution is -0.193. The van der Waals surface area contributed by atoms with Crippen LogP contribution in [-0.4, -0.2) is 83.6 Å². The molecular formula is C23H30F6N6O5S. The number of hydrogen-bond acceptors (Lipinski definition) is 8. The van der Waals surface area contributed by atoms with Crippen molar-refractivity contribution in [1.29, 1.82) is 0 Å². The lowest BCUT2D eigenvalue weighted by Crippen LogP contribution is -2.55. The molecule has 1 saturated heterocycles. The van der Waals surface area contributed by atoms with Crippen LogP contribution in [0.5, 0.6) is 0 Å². The number of carbonyl (C=O) groups is 3. The Morgan fingerprint density at radius 3 is 2.00 bits per heavy atom. The molecule has 1 amide bonds. The van der Waals surface area contributed by atoms with E-state index in [1.54, 1.807) is 0 Å². The van der Waals surface area contributed by atoms with Crippen LogP contribution in [0.3, 0.4) is 0 Å². The predicted octanol–water partition coefficient (Wildman–Crippen LogP) is 3.84. The first-order chi connectivity index (χ1) is 18.8. The molecule has 1 aliphatic heterocycles. The van der Waals surface area contributed by atoms with Gasteiger partial charge in [0.05, 0.1) is 11.4 Å². The summed E-state index contributed by atoms with van der Waals surface area (Å²) in [5.74, 6) is -4.16. The highest BCUT2D eigenvalue weighted by Gasteiger charge is 2.46. The monoisotopic (exact) mass is 616 g/mol. The Bertz CT molecular complexity index is 1160. The molecule has 0 unspecified atom stereocenters. The number of alkyl halides is 6. The van der Waals surface area contributed by atoms with Gasteiger partial charge in [-0.05, 0) is 61.6 Å². The second-order valence-electron chi connectivity index (χ2n) is 10.1. The van der Waals surface area contributed by atoms with Crippen LogP contribution < -0.4 is 5.32 Å². The molecule has 18 heteroatoms. The van der Waals surface area contributed by atoms with Crippen molar-refractivity contribution >= 4 is 29.4 Å². The van der Waals surface area contributed by atoms with Gasteiger partial charge in [0.1, 0.15) is 5.82 Å². The van der Waals surface area contributed by atoms with E-state index in [1.165, 1.54) is 24.4 Å². The van der Waals surface area contributed by atoms with Crippen LogP contribution in [0.1, 0.15) is 66.6 Å². The van der Waals surface area contributed by atoms with Gasteiger partial charge in [-0.3, -0.25) is 9.69 Å². The van der Waals surface area contributed by atoms with Crippen molar-refractivity contribution in [3.8, 4) is 0 Å². The number of amides is 1. The number of aryl methyl sites for hydroxylation is 1. The molecule has 1 aliphatic carbocycles. The van der Waals surface area contributed by atoms with E-state index < -0.39 is 24.3 Å². The van der Waals surface area contributed by atoms with Gasteiger partial charge in [-0.2, -0.15) is 26.3 Å². The number of nitrogens with one attached hydrogen (secondary N) is 1. The van der Waals surface area contributed by atoms with E-state index in [0.717, 1.165) is 43.2 Å². The number of carboxylic acids is 2. The normalized spacial score (nSPS) is 17.1. The average molecular weight is 617 g/mol. The van der Waals surface area contributed by atoms with Gasteiger partial charge in [-0.15, -0.1) is 5.10 Å². The van der Waals surface area contributed by atoms with Crippen LogP contribution >= 0.6 is 11.5 Å². The Labute approximate surface area is 234 Å². The highest BCUT2D eigenvalue weighted by Crippen LogP contribution is 2.49. The summed E-state index contributed by atoms with van der Waals surface area (Å²) in [6.45, 7) is 7.29. The molecule has 4 rings (SSSR count). The number of rotatable bonds is 5. The van der Waals surface area contributed by atoms with Crippen LogP contribution in [0.2, 0.25) is 0 Å². The van der Waals surface area contributed by atoms with Crippen molar-refractivity contribution in [2.45, 2.75) is 70.4 Å². The lowest BCUT2D eigenvalue weighted by atomic mass is 9.60. The fourth-order valence-corrected chi connectivity index (χ4v) is 5.06. The third kappa shape index (κ3) is 9.94. The van der Waals surface area contributed by atoms with Crippen LogP contribution in [0, 0.1) is 5.41 Å². The fourth-order valence-electron chi connectivity index (χ4n) is 4.42. The van der Waals surface area contributed by atoms with Gasteiger partial charge in [0.15, 0.2) is 5.69 Å². The van der Waals surface area contributed by atoms with Crippen molar-refractivity contribution in [3.63, 3.8) is 0 Å². The Balaban J connectivity index is 0.000000349. The zero-order valence-electron chi connectivity index (χ0n) is 22.3. The molecule has 2 fully saturated rings. The molecule has 2 aliphatic rings. The molecule has 41 heavy (non-hydrogen) atoms. The molecule has 0 atom stereocenters. The van der Waals surface area contributed by atoms with Crippen molar-refractivity contribution in [2.75, 3.05) is 13.1 Å². The van der Waals surface area contributed by atoms with Gasteiger partial charge >= 0.3 is 24.3 Å². The highest BCUT2D eigenvalue weighted by molar-refractivity contribution is 7.05. The van der Waals surface area contributed by atoms with Crippen LogP contribution in [-0.2, 0) is 23.2 Å². The SMILES string of the molecule is CC(C)c1snnc1C(=O)NC1CC2(CCN(Cc3nccn3C)CC2)C1.O=C(O)C(F)(F)F.O=C(O)C(F)(F)F. The second-order valence-corrected chi connectivity index (χ2v) is 10.8. The summed E-state index contributed by atoms with van der Waals surface area (Å²) < 4.78 is 69.5. The number of carbonyl (C=O) groups excluding carboxylic acids is 1. The van der Waals surface area contributed by atoms with Crippen molar-refractivity contribution in [1.82, 2.24) is 29.4 Å². The standard InChI is InChI=1S/C19H28N6OS.2C2HF3O2/c1-13(2)17-16(22-23-27-17)18(26)21-14-10-19(11-14)4-7-25(8-5-19)12-15-20-6-9-24(15)3;2*3-2(4,5)1(6)7/h6,9,13-14H,4-5,7-8,10-12H2,1-3H3,(H,21,26);2*(H,6,7). The number of hydrogen-bond donors (Lipinski definition) is 3. The average Bonchev–Trinajstić information content (AvgIpc) is 3.48. The molecule has 11 nitrogen and oxygen atoms in total. The number of nitrogens with zero attached hydrogens (tertiary/aromatic N) is 5. The minimum atomic E-state index is -5.08. The number of aliphatic carboxylic acids is 2. The Hall–Kier alpha value is -3.28. The van der Waals surface area contributed by atoms with E-state index in [1.807, 2.05) is 12.4 Å². The quantitative estimate of drug-likeness (QED) is 0.426. The molecule has 1 spiro atoms.